The van der Waals surface area contributed by atoms with Gasteiger partial charge < -0.3 is 18.9 Å². The average Bonchev–Trinajstić information content (AvgIpc) is 3.57. The molecule has 3 aromatic rings. The van der Waals surface area contributed by atoms with Crippen molar-refractivity contribution in [3.63, 3.8) is 0 Å². The Hall–Kier alpha value is -3.28. The summed E-state index contributed by atoms with van der Waals surface area (Å²) in [4.78, 5) is 43.7. The third kappa shape index (κ3) is 7.61. The van der Waals surface area contributed by atoms with Crippen LogP contribution in [-0.4, -0.2) is 56.2 Å². The van der Waals surface area contributed by atoms with Gasteiger partial charge in [0.05, 0.1) is 42.9 Å². The Morgan fingerprint density at radius 2 is 1.84 bits per heavy atom. The van der Waals surface area contributed by atoms with Crippen LogP contribution in [0.15, 0.2) is 35.7 Å². The fraction of sp³-hybridized carbons (Fsp3) is 0.385. The Balaban J connectivity index is 1.86. The van der Waals surface area contributed by atoms with E-state index in [1.54, 1.807) is 40.2 Å². The van der Waals surface area contributed by atoms with E-state index in [1.165, 1.54) is 22.7 Å². The molecule has 2 heterocycles. The number of ether oxygens (including phenoxy) is 4. The highest BCUT2D eigenvalue weighted by Gasteiger charge is 2.26. The second-order valence-electron chi connectivity index (χ2n) is 7.74. The molecule has 1 aromatic carbocycles. The lowest BCUT2D eigenvalue weighted by Crippen LogP contribution is -2.40. The topological polar surface area (TPSA) is 113 Å². The van der Waals surface area contributed by atoms with Gasteiger partial charge in [-0.05, 0) is 36.9 Å². The van der Waals surface area contributed by atoms with Gasteiger partial charge in [-0.15, -0.1) is 22.7 Å². The quantitative estimate of drug-likeness (QED) is 0.180. The lowest BCUT2D eigenvalue weighted by atomic mass is 10.0. The van der Waals surface area contributed by atoms with E-state index in [0.29, 0.717) is 27.1 Å². The van der Waals surface area contributed by atoms with Gasteiger partial charge in [0.1, 0.15) is 29.0 Å². The second-order valence-corrected chi connectivity index (χ2v) is 9.69. The number of Topliss-reactive ketones (excluding diaryl/α,β-unsaturated/α-hetero) is 1. The number of nitrogens with one attached hydrogen (secondary N) is 1. The molecule has 0 saturated heterocycles. The largest absolute Gasteiger partial charge is 0.497 e. The molecule has 9 nitrogen and oxygen atoms in total. The zero-order valence-corrected chi connectivity index (χ0v) is 22.8. The van der Waals surface area contributed by atoms with Gasteiger partial charge in [-0.1, -0.05) is 12.1 Å². The Bertz CT molecular complexity index is 1210. The average molecular weight is 547 g/mol. The van der Waals surface area contributed by atoms with Crippen LogP contribution >= 0.6 is 22.7 Å². The van der Waals surface area contributed by atoms with E-state index in [-0.39, 0.29) is 38.4 Å². The standard InChI is InChI=1S/C26H30N2O7S2/c1-5-34-23(30)14-20(29)24-19(28-25(37-24)22-8-7-11-36-22)15-27-18(26(31)35-6-2)12-16-9-10-17(32-3)13-21(16)33-4/h7-11,13,18,27H,5-6,12,14-15H2,1-4H3. The third-order valence-corrected chi connectivity index (χ3v) is 7.48. The number of esters is 2. The number of hydrogen-bond donors (Lipinski definition) is 1. The summed E-state index contributed by atoms with van der Waals surface area (Å²) in [6.45, 7) is 3.96. The summed E-state index contributed by atoms with van der Waals surface area (Å²) in [6.07, 6.45) is -0.0999. The highest BCUT2D eigenvalue weighted by molar-refractivity contribution is 7.22. The Kier molecular flexibility index (Phi) is 10.6. The Morgan fingerprint density at radius 1 is 1.05 bits per heavy atom. The van der Waals surface area contributed by atoms with Crippen molar-refractivity contribution in [2.45, 2.75) is 39.3 Å². The zero-order chi connectivity index (χ0) is 26.8. The molecule has 198 valence electrons. The maximum Gasteiger partial charge on any atom is 0.323 e. The predicted octanol–water partition coefficient (Wildman–Crippen LogP) is 4.29. The molecule has 1 N–H and O–H groups in total. The maximum absolute atomic E-state index is 13.0. The van der Waals surface area contributed by atoms with Crippen LogP contribution < -0.4 is 14.8 Å². The first kappa shape index (κ1) is 28.3. The first-order chi connectivity index (χ1) is 17.9. The molecule has 0 bridgehead atoms. The zero-order valence-electron chi connectivity index (χ0n) is 21.2. The minimum atomic E-state index is -0.734. The van der Waals surface area contributed by atoms with Gasteiger partial charge in [0.2, 0.25) is 0 Å². The number of carbonyl (C=O) groups excluding carboxylic acids is 3. The van der Waals surface area contributed by atoms with Crippen molar-refractivity contribution in [1.82, 2.24) is 10.3 Å². The van der Waals surface area contributed by atoms with E-state index in [4.69, 9.17) is 18.9 Å². The van der Waals surface area contributed by atoms with Gasteiger partial charge in [-0.25, -0.2) is 4.98 Å². The molecular formula is C26H30N2O7S2. The molecule has 0 aliphatic rings. The molecule has 1 unspecified atom stereocenters. The molecule has 2 aromatic heterocycles. The third-order valence-electron chi connectivity index (χ3n) is 5.30. The number of ketones is 1. The maximum atomic E-state index is 13.0. The SMILES string of the molecule is CCOC(=O)CC(=O)c1sc(-c2cccs2)nc1CNC(Cc1ccc(OC)cc1OC)C(=O)OCC. The molecule has 37 heavy (non-hydrogen) atoms. The molecule has 0 fully saturated rings. The summed E-state index contributed by atoms with van der Waals surface area (Å²) in [5, 5.41) is 5.79. The van der Waals surface area contributed by atoms with Crippen LogP contribution in [0.2, 0.25) is 0 Å². The van der Waals surface area contributed by atoms with Gasteiger partial charge in [0.15, 0.2) is 5.78 Å². The van der Waals surface area contributed by atoms with Crippen LogP contribution in [0.25, 0.3) is 9.88 Å². The monoisotopic (exact) mass is 546 g/mol. The van der Waals surface area contributed by atoms with Gasteiger partial charge in [-0.3, -0.25) is 19.7 Å². The second kappa shape index (κ2) is 13.9. The van der Waals surface area contributed by atoms with E-state index in [9.17, 15) is 14.4 Å². The molecule has 0 aliphatic carbocycles. The van der Waals surface area contributed by atoms with Crippen LogP contribution in [0.5, 0.6) is 11.5 Å². The van der Waals surface area contributed by atoms with Crippen molar-refractivity contribution in [2.75, 3.05) is 27.4 Å². The molecule has 0 aliphatic heterocycles. The van der Waals surface area contributed by atoms with Crippen LogP contribution in [0.1, 0.15) is 41.2 Å². The van der Waals surface area contributed by atoms with Crippen molar-refractivity contribution >= 4 is 40.4 Å². The summed E-state index contributed by atoms with van der Waals surface area (Å²) in [7, 11) is 3.12. The van der Waals surface area contributed by atoms with Gasteiger partial charge in [0, 0.05) is 19.0 Å². The number of rotatable bonds is 14. The number of hydrogen-bond acceptors (Lipinski definition) is 11. The van der Waals surface area contributed by atoms with Crippen LogP contribution in [-0.2, 0) is 32.0 Å². The smallest absolute Gasteiger partial charge is 0.323 e. The van der Waals surface area contributed by atoms with Crippen molar-refractivity contribution in [1.29, 1.82) is 0 Å². The highest BCUT2D eigenvalue weighted by atomic mass is 32.1. The summed E-state index contributed by atoms with van der Waals surface area (Å²) in [5.74, 6) is -0.189. The summed E-state index contributed by atoms with van der Waals surface area (Å²) in [5.41, 5.74) is 1.24. The minimum absolute atomic E-state index is 0.119. The lowest BCUT2D eigenvalue weighted by Gasteiger charge is -2.19. The lowest BCUT2D eigenvalue weighted by molar-refractivity contribution is -0.145. The van der Waals surface area contributed by atoms with Crippen molar-refractivity contribution < 1.29 is 33.3 Å². The molecule has 0 radical (unpaired) electrons. The summed E-state index contributed by atoms with van der Waals surface area (Å²) < 4.78 is 21.0. The van der Waals surface area contributed by atoms with Gasteiger partial charge in [-0.2, -0.15) is 0 Å². The number of nitrogens with zero attached hydrogens (tertiary/aromatic N) is 1. The van der Waals surface area contributed by atoms with E-state index >= 15 is 0 Å². The van der Waals surface area contributed by atoms with Crippen LogP contribution in [0.4, 0.5) is 0 Å². The number of carbonyl (C=O) groups is 3. The van der Waals surface area contributed by atoms with E-state index in [2.05, 4.69) is 10.3 Å². The Labute approximate surface area is 223 Å². The molecule has 3 rings (SSSR count). The first-order valence-corrected chi connectivity index (χ1v) is 13.4. The number of thiophene rings is 1. The van der Waals surface area contributed by atoms with Crippen LogP contribution in [0.3, 0.4) is 0 Å². The molecule has 0 amide bonds. The number of thiazole rings is 1. The van der Waals surface area contributed by atoms with E-state index in [1.807, 2.05) is 23.6 Å². The van der Waals surface area contributed by atoms with E-state index in [0.717, 1.165) is 10.4 Å². The van der Waals surface area contributed by atoms with E-state index < -0.39 is 18.0 Å². The number of methoxy groups -OCH3 is 2. The number of aromatic nitrogens is 1. The summed E-state index contributed by atoms with van der Waals surface area (Å²) >= 11 is 2.72. The molecule has 0 saturated carbocycles. The molecule has 1 atom stereocenters. The molecule has 11 heteroatoms. The van der Waals surface area contributed by atoms with Crippen LogP contribution in [0, 0.1) is 0 Å². The highest BCUT2D eigenvalue weighted by Crippen LogP contribution is 2.32. The Morgan fingerprint density at radius 3 is 2.49 bits per heavy atom. The van der Waals surface area contributed by atoms with Gasteiger partial charge in [0.25, 0.3) is 0 Å². The van der Waals surface area contributed by atoms with Crippen molar-refractivity contribution in [3.8, 4) is 21.4 Å². The first-order valence-electron chi connectivity index (χ1n) is 11.7. The minimum Gasteiger partial charge on any atom is -0.497 e. The molecular weight excluding hydrogens is 516 g/mol. The predicted molar refractivity (Wildman–Crippen MR) is 142 cm³/mol. The fourth-order valence-corrected chi connectivity index (χ4v) is 5.38. The normalized spacial score (nSPS) is 11.6. The van der Waals surface area contributed by atoms with Crippen molar-refractivity contribution in [3.05, 3.63) is 51.8 Å². The summed E-state index contributed by atoms with van der Waals surface area (Å²) in [6, 6.07) is 8.45. The number of benzene rings is 1. The molecule has 0 spiro atoms. The fourth-order valence-electron chi connectivity index (χ4n) is 3.56. The van der Waals surface area contributed by atoms with Crippen molar-refractivity contribution in [2.24, 2.45) is 0 Å². The van der Waals surface area contributed by atoms with Gasteiger partial charge >= 0.3 is 11.9 Å².